The molecule has 1 amide bonds. The van der Waals surface area contributed by atoms with Crippen molar-refractivity contribution in [3.8, 4) is 5.69 Å². The highest BCUT2D eigenvalue weighted by atomic mass is 16.1. The van der Waals surface area contributed by atoms with E-state index >= 15 is 0 Å². The molecule has 1 aliphatic rings. The fourth-order valence-corrected chi connectivity index (χ4v) is 5.53. The van der Waals surface area contributed by atoms with Gasteiger partial charge in [0, 0.05) is 36.7 Å². The number of hydrogen-bond acceptors (Lipinski definition) is 5. The second kappa shape index (κ2) is 9.69. The van der Waals surface area contributed by atoms with E-state index in [2.05, 4.69) is 44.5 Å². The van der Waals surface area contributed by atoms with Crippen LogP contribution in [-0.4, -0.2) is 50.5 Å². The van der Waals surface area contributed by atoms with Crippen molar-refractivity contribution in [2.24, 2.45) is 5.92 Å². The fraction of sp³-hybridized carbons (Fsp3) is 0.310. The molecule has 37 heavy (non-hydrogen) atoms. The summed E-state index contributed by atoms with van der Waals surface area (Å²) in [5, 5.41) is 19.4. The zero-order valence-corrected chi connectivity index (χ0v) is 21.2. The summed E-state index contributed by atoms with van der Waals surface area (Å²) in [4.78, 5) is 18.6. The van der Waals surface area contributed by atoms with E-state index in [1.807, 2.05) is 60.3 Å². The number of carbonyl (C=O) groups is 1. The van der Waals surface area contributed by atoms with E-state index in [4.69, 9.17) is 5.10 Å². The van der Waals surface area contributed by atoms with Crippen LogP contribution in [0.15, 0.2) is 60.8 Å². The first kappa shape index (κ1) is 23.2. The van der Waals surface area contributed by atoms with Crippen molar-refractivity contribution >= 4 is 33.5 Å². The van der Waals surface area contributed by atoms with Gasteiger partial charge < -0.3 is 15.2 Å². The number of fused-ring (bicyclic) bond motifs is 2. The molecule has 5 aromatic rings. The number of piperidine rings is 1. The highest BCUT2D eigenvalue weighted by molar-refractivity contribution is 5.92. The topological polar surface area (TPSA) is 91.7 Å². The summed E-state index contributed by atoms with van der Waals surface area (Å²) in [6, 6.07) is 18.4. The van der Waals surface area contributed by atoms with Crippen molar-refractivity contribution in [1.29, 1.82) is 0 Å². The van der Waals surface area contributed by atoms with Gasteiger partial charge in [-0.3, -0.25) is 4.79 Å². The van der Waals surface area contributed by atoms with Crippen LogP contribution in [0.1, 0.15) is 29.8 Å². The normalized spacial score (nSPS) is 15.9. The Morgan fingerprint density at radius 3 is 2.76 bits per heavy atom. The van der Waals surface area contributed by atoms with E-state index in [9.17, 15) is 4.79 Å². The van der Waals surface area contributed by atoms with Crippen LogP contribution in [0, 0.1) is 19.8 Å². The number of aryl methyl sites for hydroxylation is 2. The number of anilines is 1. The van der Waals surface area contributed by atoms with Gasteiger partial charge >= 0.3 is 0 Å². The largest absolute Gasteiger partial charge is 0.361 e. The summed E-state index contributed by atoms with van der Waals surface area (Å²) >= 11 is 0. The second-order valence-electron chi connectivity index (χ2n) is 9.85. The maximum atomic E-state index is 13.1. The number of para-hydroxylation sites is 2. The quantitative estimate of drug-likeness (QED) is 0.364. The van der Waals surface area contributed by atoms with Crippen LogP contribution in [0.3, 0.4) is 0 Å². The molecule has 0 bridgehead atoms. The SMILES string of the molecule is Cc1nnc(N2CCC[C@H](C(=O)NCCc3c[nH]c4ccccc34)C2)c2nn(-c3ccccc3)c(C)c12. The number of carbonyl (C=O) groups excluding carboxylic acids is 1. The molecule has 1 aliphatic heterocycles. The Morgan fingerprint density at radius 2 is 1.89 bits per heavy atom. The van der Waals surface area contributed by atoms with Crippen LogP contribution in [0.5, 0.6) is 0 Å². The van der Waals surface area contributed by atoms with Gasteiger partial charge in [0.1, 0.15) is 5.52 Å². The lowest BCUT2D eigenvalue weighted by Crippen LogP contribution is -2.44. The van der Waals surface area contributed by atoms with Gasteiger partial charge in [0.25, 0.3) is 0 Å². The standard InChI is InChI=1S/C29H31N7O/c1-19-26-20(2)36(23-10-4-3-5-11-23)34-27(26)28(33-32-19)35-16-8-9-22(18-35)29(37)30-15-14-21-17-31-25-13-7-6-12-24(21)25/h3-7,10-13,17,22,31H,8-9,14-16,18H2,1-2H3,(H,30,37)/t22-/m0/s1. The minimum Gasteiger partial charge on any atom is -0.361 e. The predicted octanol–water partition coefficient (Wildman–Crippen LogP) is 4.49. The second-order valence-corrected chi connectivity index (χ2v) is 9.85. The van der Waals surface area contributed by atoms with E-state index < -0.39 is 0 Å². The molecule has 0 radical (unpaired) electrons. The maximum Gasteiger partial charge on any atom is 0.224 e. The van der Waals surface area contributed by atoms with Gasteiger partial charge in [0.2, 0.25) is 5.91 Å². The van der Waals surface area contributed by atoms with Crippen molar-refractivity contribution in [3.05, 3.63) is 77.7 Å². The van der Waals surface area contributed by atoms with Crippen molar-refractivity contribution in [2.45, 2.75) is 33.1 Å². The predicted molar refractivity (Wildman–Crippen MR) is 146 cm³/mol. The molecule has 188 valence electrons. The van der Waals surface area contributed by atoms with Gasteiger partial charge in [0.05, 0.1) is 28.4 Å². The molecule has 4 heterocycles. The summed E-state index contributed by atoms with van der Waals surface area (Å²) in [7, 11) is 0. The van der Waals surface area contributed by atoms with E-state index in [0.29, 0.717) is 13.1 Å². The molecule has 1 fully saturated rings. The average molecular weight is 494 g/mol. The molecule has 2 N–H and O–H groups in total. The molecule has 6 rings (SSSR count). The van der Waals surface area contributed by atoms with Gasteiger partial charge in [-0.25, -0.2) is 4.68 Å². The molecule has 0 saturated carbocycles. The van der Waals surface area contributed by atoms with Crippen LogP contribution in [0.2, 0.25) is 0 Å². The van der Waals surface area contributed by atoms with Crippen molar-refractivity contribution in [3.63, 3.8) is 0 Å². The first-order chi connectivity index (χ1) is 18.1. The Kier molecular flexibility index (Phi) is 6.08. The highest BCUT2D eigenvalue weighted by Crippen LogP contribution is 2.31. The first-order valence-corrected chi connectivity index (χ1v) is 13.0. The van der Waals surface area contributed by atoms with E-state index in [0.717, 1.165) is 65.1 Å². The molecular weight excluding hydrogens is 462 g/mol. The van der Waals surface area contributed by atoms with Gasteiger partial charge in [-0.05, 0) is 56.9 Å². The molecule has 1 saturated heterocycles. The molecule has 0 aliphatic carbocycles. The first-order valence-electron chi connectivity index (χ1n) is 13.0. The summed E-state index contributed by atoms with van der Waals surface area (Å²) in [5.74, 6) is 0.772. The Labute approximate surface area is 215 Å². The van der Waals surface area contributed by atoms with Crippen molar-refractivity contribution < 1.29 is 4.79 Å². The number of aromatic nitrogens is 5. The van der Waals surface area contributed by atoms with E-state index in [1.165, 1.54) is 10.9 Å². The summed E-state index contributed by atoms with van der Waals surface area (Å²) in [6.07, 6.45) is 4.63. The molecule has 8 nitrogen and oxygen atoms in total. The van der Waals surface area contributed by atoms with Gasteiger partial charge in [-0.1, -0.05) is 36.4 Å². The highest BCUT2D eigenvalue weighted by Gasteiger charge is 2.29. The number of amides is 1. The number of benzene rings is 2. The summed E-state index contributed by atoms with van der Waals surface area (Å²) < 4.78 is 1.96. The number of hydrogen-bond donors (Lipinski definition) is 2. The van der Waals surface area contributed by atoms with Crippen molar-refractivity contribution in [2.75, 3.05) is 24.5 Å². The van der Waals surface area contributed by atoms with Gasteiger partial charge in [-0.2, -0.15) is 10.2 Å². The number of aromatic amines is 1. The Balaban J connectivity index is 1.18. The average Bonchev–Trinajstić information content (AvgIpc) is 3.51. The third-order valence-electron chi connectivity index (χ3n) is 7.45. The minimum atomic E-state index is -0.0906. The van der Waals surface area contributed by atoms with Crippen LogP contribution in [0.25, 0.3) is 27.5 Å². The number of H-pyrrole nitrogens is 1. The smallest absolute Gasteiger partial charge is 0.224 e. The van der Waals surface area contributed by atoms with Crippen LogP contribution >= 0.6 is 0 Å². The Bertz CT molecular complexity index is 1570. The third-order valence-corrected chi connectivity index (χ3v) is 7.45. The van der Waals surface area contributed by atoms with E-state index in [1.54, 1.807) is 0 Å². The molecule has 2 aromatic carbocycles. The Hall–Kier alpha value is -4.20. The van der Waals surface area contributed by atoms with Crippen molar-refractivity contribution in [1.82, 2.24) is 30.3 Å². The lowest BCUT2D eigenvalue weighted by molar-refractivity contribution is -0.125. The van der Waals surface area contributed by atoms with Gasteiger partial charge in [-0.15, -0.1) is 5.10 Å². The molecule has 1 atom stereocenters. The van der Waals surface area contributed by atoms with Gasteiger partial charge in [0.15, 0.2) is 5.82 Å². The number of nitrogens with zero attached hydrogens (tertiary/aromatic N) is 5. The fourth-order valence-electron chi connectivity index (χ4n) is 5.53. The zero-order chi connectivity index (χ0) is 25.4. The lowest BCUT2D eigenvalue weighted by Gasteiger charge is -2.32. The van der Waals surface area contributed by atoms with Crippen LogP contribution in [0.4, 0.5) is 5.82 Å². The zero-order valence-electron chi connectivity index (χ0n) is 21.2. The molecular formula is C29H31N7O. The van der Waals surface area contributed by atoms with E-state index in [-0.39, 0.29) is 11.8 Å². The van der Waals surface area contributed by atoms with Crippen LogP contribution in [-0.2, 0) is 11.2 Å². The molecule has 0 spiro atoms. The lowest BCUT2D eigenvalue weighted by atomic mass is 9.97. The van der Waals surface area contributed by atoms with Crippen LogP contribution < -0.4 is 10.2 Å². The molecule has 8 heteroatoms. The number of nitrogens with one attached hydrogen (secondary N) is 2. The Morgan fingerprint density at radius 1 is 1.08 bits per heavy atom. The molecule has 0 unspecified atom stereocenters. The number of rotatable bonds is 6. The molecule has 3 aromatic heterocycles. The minimum absolute atomic E-state index is 0.0906. The summed E-state index contributed by atoms with van der Waals surface area (Å²) in [6.45, 7) is 6.11. The monoisotopic (exact) mass is 493 g/mol. The summed E-state index contributed by atoms with van der Waals surface area (Å²) in [5.41, 5.74) is 6.10. The third kappa shape index (κ3) is 4.33. The maximum absolute atomic E-state index is 13.1.